The Morgan fingerprint density at radius 1 is 1.25 bits per heavy atom. The van der Waals surface area contributed by atoms with Crippen LogP contribution in [0.15, 0.2) is 36.5 Å². The molecule has 1 aromatic heterocycles. The third kappa shape index (κ3) is 3.57. The molecule has 5 nitrogen and oxygen atoms in total. The Hall–Kier alpha value is -2.40. The quantitative estimate of drug-likeness (QED) is 0.889. The average molecular weight is 347 g/mol. The minimum absolute atomic E-state index is 0.133. The van der Waals surface area contributed by atoms with Crippen molar-refractivity contribution in [3.05, 3.63) is 63.9 Å². The Kier molecular flexibility index (Phi) is 5.57. The van der Waals surface area contributed by atoms with Crippen molar-refractivity contribution in [3.8, 4) is 0 Å². The minimum atomic E-state index is -1.04. The molecule has 1 N–H and O–H groups in total. The van der Waals surface area contributed by atoms with Gasteiger partial charge in [-0.15, -0.1) is 0 Å². The summed E-state index contributed by atoms with van der Waals surface area (Å²) in [5.74, 6) is -1.26. The lowest BCUT2D eigenvalue weighted by atomic mass is 10.0. The summed E-state index contributed by atoms with van der Waals surface area (Å²) >= 11 is 5.86. The molecule has 0 bridgehead atoms. The van der Waals surface area contributed by atoms with Gasteiger partial charge in [-0.2, -0.15) is 0 Å². The van der Waals surface area contributed by atoms with Crippen LogP contribution in [-0.4, -0.2) is 33.4 Å². The maximum atomic E-state index is 12.9. The van der Waals surface area contributed by atoms with Gasteiger partial charge in [0.2, 0.25) is 0 Å². The molecule has 6 heteroatoms. The number of nitrogens with zero attached hydrogens (tertiary/aromatic N) is 2. The molecule has 0 aliphatic rings. The van der Waals surface area contributed by atoms with E-state index in [-0.39, 0.29) is 17.5 Å². The number of pyridine rings is 1. The summed E-state index contributed by atoms with van der Waals surface area (Å²) in [6.07, 6.45) is 1.54. The number of carboxylic acids is 1. The summed E-state index contributed by atoms with van der Waals surface area (Å²) in [6, 6.07) is 7.98. The van der Waals surface area contributed by atoms with Crippen molar-refractivity contribution in [3.63, 3.8) is 0 Å². The van der Waals surface area contributed by atoms with Crippen molar-refractivity contribution in [2.45, 2.75) is 26.8 Å². The number of aromatic carboxylic acids is 1. The van der Waals surface area contributed by atoms with Crippen LogP contribution in [0, 0.1) is 6.92 Å². The SMILES string of the molecule is CCN(C(=O)c1cccc(C(=O)O)c1C)C(C)c1ccc(Cl)cn1. The van der Waals surface area contributed by atoms with Gasteiger partial charge in [-0.3, -0.25) is 9.78 Å². The van der Waals surface area contributed by atoms with Crippen LogP contribution in [0.5, 0.6) is 0 Å². The Morgan fingerprint density at radius 3 is 2.46 bits per heavy atom. The molecule has 1 heterocycles. The van der Waals surface area contributed by atoms with E-state index in [0.717, 1.165) is 5.69 Å². The third-order valence-corrected chi connectivity index (χ3v) is 4.27. The summed E-state index contributed by atoms with van der Waals surface area (Å²) in [7, 11) is 0. The zero-order chi connectivity index (χ0) is 17.9. The fourth-order valence-electron chi connectivity index (χ4n) is 2.64. The van der Waals surface area contributed by atoms with E-state index in [2.05, 4.69) is 4.98 Å². The highest BCUT2D eigenvalue weighted by atomic mass is 35.5. The molecule has 0 saturated heterocycles. The predicted octanol–water partition coefficient (Wildman–Crippen LogP) is 3.96. The maximum Gasteiger partial charge on any atom is 0.335 e. The molecule has 0 fully saturated rings. The van der Waals surface area contributed by atoms with Gasteiger partial charge >= 0.3 is 5.97 Å². The minimum Gasteiger partial charge on any atom is -0.478 e. The van der Waals surface area contributed by atoms with Crippen LogP contribution in [0.4, 0.5) is 0 Å². The van der Waals surface area contributed by atoms with Crippen LogP contribution >= 0.6 is 11.6 Å². The molecule has 1 aromatic carbocycles. The lowest BCUT2D eigenvalue weighted by Crippen LogP contribution is -2.34. The second-order valence-corrected chi connectivity index (χ2v) is 5.89. The smallest absolute Gasteiger partial charge is 0.335 e. The molecule has 1 amide bonds. The largest absolute Gasteiger partial charge is 0.478 e. The van der Waals surface area contributed by atoms with Crippen molar-refractivity contribution >= 4 is 23.5 Å². The monoisotopic (exact) mass is 346 g/mol. The molecule has 0 radical (unpaired) electrons. The average Bonchev–Trinajstić information content (AvgIpc) is 2.55. The molecule has 0 aliphatic carbocycles. The first-order valence-electron chi connectivity index (χ1n) is 7.62. The van der Waals surface area contributed by atoms with Gasteiger partial charge in [0.05, 0.1) is 22.3 Å². The molecule has 2 rings (SSSR count). The summed E-state index contributed by atoms with van der Waals surface area (Å²) in [5.41, 5.74) is 1.71. The van der Waals surface area contributed by atoms with Crippen molar-refractivity contribution in [1.29, 1.82) is 0 Å². The molecular weight excluding hydrogens is 328 g/mol. The fourth-order valence-corrected chi connectivity index (χ4v) is 2.75. The first-order valence-corrected chi connectivity index (χ1v) is 8.00. The fraction of sp³-hybridized carbons (Fsp3) is 0.278. The van der Waals surface area contributed by atoms with Crippen molar-refractivity contribution in [2.24, 2.45) is 0 Å². The van der Waals surface area contributed by atoms with E-state index >= 15 is 0 Å². The molecule has 0 saturated carbocycles. The van der Waals surface area contributed by atoms with E-state index in [1.54, 1.807) is 42.3 Å². The topological polar surface area (TPSA) is 70.5 Å². The Balaban J connectivity index is 2.37. The van der Waals surface area contributed by atoms with E-state index in [1.807, 2.05) is 13.8 Å². The van der Waals surface area contributed by atoms with Gasteiger partial charge in [0, 0.05) is 18.3 Å². The predicted molar refractivity (Wildman–Crippen MR) is 92.5 cm³/mol. The number of hydrogen-bond acceptors (Lipinski definition) is 3. The van der Waals surface area contributed by atoms with Crippen LogP contribution in [0.3, 0.4) is 0 Å². The van der Waals surface area contributed by atoms with Crippen LogP contribution < -0.4 is 0 Å². The van der Waals surface area contributed by atoms with Crippen LogP contribution in [0.2, 0.25) is 5.02 Å². The normalized spacial score (nSPS) is 11.8. The summed E-state index contributed by atoms with van der Waals surface area (Å²) < 4.78 is 0. The van der Waals surface area contributed by atoms with Gasteiger partial charge in [-0.05, 0) is 50.6 Å². The van der Waals surface area contributed by atoms with Gasteiger partial charge in [-0.1, -0.05) is 17.7 Å². The Morgan fingerprint density at radius 2 is 1.92 bits per heavy atom. The molecule has 126 valence electrons. The zero-order valence-corrected chi connectivity index (χ0v) is 14.5. The lowest BCUT2D eigenvalue weighted by molar-refractivity contribution is 0.0695. The number of carbonyl (C=O) groups is 2. The molecular formula is C18H19ClN2O3. The van der Waals surface area contributed by atoms with Crippen molar-refractivity contribution < 1.29 is 14.7 Å². The highest BCUT2D eigenvalue weighted by Gasteiger charge is 2.24. The number of carbonyl (C=O) groups excluding carboxylic acids is 1. The molecule has 1 atom stereocenters. The van der Waals surface area contributed by atoms with Gasteiger partial charge in [0.1, 0.15) is 0 Å². The van der Waals surface area contributed by atoms with Gasteiger partial charge in [0.25, 0.3) is 5.91 Å². The highest BCUT2D eigenvalue weighted by Crippen LogP contribution is 2.24. The van der Waals surface area contributed by atoms with Gasteiger partial charge in [-0.25, -0.2) is 4.79 Å². The Labute approximate surface area is 145 Å². The Bertz CT molecular complexity index is 759. The first-order chi connectivity index (χ1) is 11.4. The summed E-state index contributed by atoms with van der Waals surface area (Å²) in [5, 5.41) is 9.77. The van der Waals surface area contributed by atoms with E-state index < -0.39 is 5.97 Å². The van der Waals surface area contributed by atoms with Gasteiger partial charge in [0.15, 0.2) is 0 Å². The molecule has 0 aliphatic heterocycles. The van der Waals surface area contributed by atoms with Gasteiger partial charge < -0.3 is 10.0 Å². The van der Waals surface area contributed by atoms with Crippen LogP contribution in [-0.2, 0) is 0 Å². The second kappa shape index (κ2) is 7.45. The van der Waals surface area contributed by atoms with E-state index in [9.17, 15) is 14.7 Å². The molecule has 1 unspecified atom stereocenters. The maximum absolute atomic E-state index is 12.9. The van der Waals surface area contributed by atoms with E-state index in [0.29, 0.717) is 22.7 Å². The zero-order valence-electron chi connectivity index (χ0n) is 13.8. The lowest BCUT2D eigenvalue weighted by Gasteiger charge is -2.28. The standard InChI is InChI=1S/C18H19ClN2O3/c1-4-21(12(3)16-9-8-13(19)10-20-16)17(22)14-6-5-7-15(11(14)2)18(23)24/h5-10,12H,4H2,1-3H3,(H,23,24). The number of amides is 1. The second-order valence-electron chi connectivity index (χ2n) is 5.45. The number of rotatable bonds is 5. The van der Waals surface area contributed by atoms with Crippen LogP contribution in [0.25, 0.3) is 0 Å². The number of benzene rings is 1. The van der Waals surface area contributed by atoms with E-state index in [4.69, 9.17) is 11.6 Å². The van der Waals surface area contributed by atoms with E-state index in [1.165, 1.54) is 6.07 Å². The van der Waals surface area contributed by atoms with Crippen LogP contribution in [0.1, 0.15) is 51.9 Å². The molecule has 0 spiro atoms. The summed E-state index contributed by atoms with van der Waals surface area (Å²) in [6.45, 7) is 5.88. The first kappa shape index (κ1) is 17.9. The molecule has 24 heavy (non-hydrogen) atoms. The highest BCUT2D eigenvalue weighted by molar-refractivity contribution is 6.30. The summed E-state index contributed by atoms with van der Waals surface area (Å²) in [4.78, 5) is 30.1. The molecule has 2 aromatic rings. The van der Waals surface area contributed by atoms with Crippen molar-refractivity contribution in [1.82, 2.24) is 9.88 Å². The third-order valence-electron chi connectivity index (χ3n) is 4.04. The number of carboxylic acid groups (broad SMARTS) is 1. The van der Waals surface area contributed by atoms with Crippen molar-refractivity contribution in [2.75, 3.05) is 6.54 Å². The number of aromatic nitrogens is 1. The number of halogens is 1. The number of hydrogen-bond donors (Lipinski definition) is 1.